The van der Waals surface area contributed by atoms with Crippen molar-refractivity contribution in [1.29, 1.82) is 0 Å². The molecule has 0 aliphatic rings. The fourth-order valence-electron chi connectivity index (χ4n) is 0.437. The molecular formula is C5H7N2OS2. The van der Waals surface area contributed by atoms with Crippen molar-refractivity contribution in [2.45, 2.75) is 11.3 Å². The highest BCUT2D eigenvalue weighted by Crippen LogP contribution is 2.25. The summed E-state index contributed by atoms with van der Waals surface area (Å²) in [4.78, 5) is 0. The lowest BCUT2D eigenvalue weighted by Crippen LogP contribution is -1.89. The average Bonchev–Trinajstić information content (AvgIpc) is 2.37. The molecule has 0 N–H and O–H groups in total. The molecule has 5 heteroatoms. The maximum absolute atomic E-state index is 5.09. The Morgan fingerprint density at radius 2 is 2.50 bits per heavy atom. The van der Waals surface area contributed by atoms with Crippen molar-refractivity contribution >= 4 is 23.1 Å². The van der Waals surface area contributed by atoms with Crippen LogP contribution >= 0.6 is 23.1 Å². The van der Waals surface area contributed by atoms with E-state index in [1.807, 2.05) is 6.92 Å². The molecule has 0 fully saturated rings. The van der Waals surface area contributed by atoms with Gasteiger partial charge >= 0.3 is 0 Å². The molecule has 0 aliphatic carbocycles. The van der Waals surface area contributed by atoms with Crippen molar-refractivity contribution < 1.29 is 4.74 Å². The molecule has 0 bridgehead atoms. The molecule has 10 heavy (non-hydrogen) atoms. The van der Waals surface area contributed by atoms with Gasteiger partial charge in [0.15, 0.2) is 4.34 Å². The predicted molar refractivity (Wildman–Crippen MR) is 42.3 cm³/mol. The summed E-state index contributed by atoms with van der Waals surface area (Å²) in [6, 6.07) is 0. The molecule has 1 heterocycles. The third kappa shape index (κ3) is 1.85. The molecule has 1 aromatic heterocycles. The highest BCUT2D eigenvalue weighted by atomic mass is 32.2. The normalized spacial score (nSPS) is 9.80. The third-order valence-electron chi connectivity index (χ3n) is 0.779. The lowest BCUT2D eigenvalue weighted by Gasteiger charge is -1.90. The van der Waals surface area contributed by atoms with Gasteiger partial charge in [0, 0.05) is 6.26 Å². The Kier molecular flexibility index (Phi) is 2.95. The van der Waals surface area contributed by atoms with Crippen molar-refractivity contribution in [3.05, 3.63) is 6.26 Å². The third-order valence-corrected chi connectivity index (χ3v) is 2.34. The van der Waals surface area contributed by atoms with Gasteiger partial charge in [-0.2, -0.15) is 0 Å². The van der Waals surface area contributed by atoms with E-state index in [0.29, 0.717) is 11.8 Å². The van der Waals surface area contributed by atoms with Gasteiger partial charge in [0.25, 0.3) is 5.19 Å². The first-order valence-electron chi connectivity index (χ1n) is 2.75. The Hall–Kier alpha value is -0.290. The minimum Gasteiger partial charge on any atom is -0.469 e. The van der Waals surface area contributed by atoms with Crippen LogP contribution in [-0.4, -0.2) is 16.8 Å². The highest BCUT2D eigenvalue weighted by Gasteiger charge is 2.01. The highest BCUT2D eigenvalue weighted by molar-refractivity contribution is 8.02. The second-order valence-corrected chi connectivity index (χ2v) is 3.29. The Balaban J connectivity index is 2.59. The van der Waals surface area contributed by atoms with E-state index in [1.54, 1.807) is 0 Å². The standard InChI is InChI=1S/C5H7N2OS2/c1-3-8-4-6-7-5(9-2)10-4/h2-3H2,1H3. The van der Waals surface area contributed by atoms with Gasteiger partial charge < -0.3 is 4.74 Å². The van der Waals surface area contributed by atoms with Crippen molar-refractivity contribution in [3.8, 4) is 5.19 Å². The molecule has 0 atom stereocenters. The smallest absolute Gasteiger partial charge is 0.294 e. The van der Waals surface area contributed by atoms with Crippen LogP contribution in [0.5, 0.6) is 5.19 Å². The molecule has 0 unspecified atom stereocenters. The van der Waals surface area contributed by atoms with E-state index in [4.69, 9.17) is 4.74 Å². The van der Waals surface area contributed by atoms with Crippen LogP contribution in [0.2, 0.25) is 0 Å². The van der Waals surface area contributed by atoms with Gasteiger partial charge in [-0.05, 0) is 18.3 Å². The quantitative estimate of drug-likeness (QED) is 0.656. The molecule has 3 nitrogen and oxygen atoms in total. The number of hydrogen-bond acceptors (Lipinski definition) is 5. The molecule has 1 rings (SSSR count). The summed E-state index contributed by atoms with van der Waals surface area (Å²) >= 11 is 2.74. The number of aromatic nitrogens is 2. The SMILES string of the molecule is [CH2]Sc1nnc(OCC)s1. The molecule has 0 saturated carbocycles. The summed E-state index contributed by atoms with van der Waals surface area (Å²) in [7, 11) is 0. The van der Waals surface area contributed by atoms with E-state index in [2.05, 4.69) is 16.5 Å². The van der Waals surface area contributed by atoms with Crippen molar-refractivity contribution in [1.82, 2.24) is 10.2 Å². The van der Waals surface area contributed by atoms with E-state index in [0.717, 1.165) is 4.34 Å². The number of thioether (sulfide) groups is 1. The Bertz CT molecular complexity index is 201. The summed E-state index contributed by atoms with van der Waals surface area (Å²) in [5, 5.41) is 8.18. The van der Waals surface area contributed by atoms with Gasteiger partial charge in [-0.3, -0.25) is 0 Å². The summed E-state index contributed by atoms with van der Waals surface area (Å²) in [5.74, 6) is 0. The molecule has 0 spiro atoms. The van der Waals surface area contributed by atoms with Crippen LogP contribution in [0, 0.1) is 6.26 Å². The maximum atomic E-state index is 5.09. The first-order chi connectivity index (χ1) is 4.86. The Labute approximate surface area is 67.8 Å². The molecule has 0 aliphatic heterocycles. The van der Waals surface area contributed by atoms with E-state index < -0.39 is 0 Å². The van der Waals surface area contributed by atoms with Gasteiger partial charge in [-0.15, -0.1) is 5.10 Å². The van der Waals surface area contributed by atoms with Crippen LogP contribution in [0.4, 0.5) is 0 Å². The van der Waals surface area contributed by atoms with Crippen LogP contribution in [0.25, 0.3) is 0 Å². The fraction of sp³-hybridized carbons (Fsp3) is 0.400. The first kappa shape index (κ1) is 7.81. The average molecular weight is 175 g/mol. The minimum atomic E-state index is 0.619. The monoisotopic (exact) mass is 175 g/mol. The van der Waals surface area contributed by atoms with Crippen LogP contribution in [0.1, 0.15) is 6.92 Å². The first-order valence-corrected chi connectivity index (χ1v) is 4.55. The van der Waals surface area contributed by atoms with Crippen LogP contribution < -0.4 is 4.74 Å². The summed E-state index contributed by atoms with van der Waals surface area (Å²) in [5.41, 5.74) is 0. The minimum absolute atomic E-state index is 0.619. The molecule has 0 amide bonds. The zero-order valence-electron chi connectivity index (χ0n) is 5.53. The van der Waals surface area contributed by atoms with E-state index in [9.17, 15) is 0 Å². The van der Waals surface area contributed by atoms with Gasteiger partial charge in [-0.1, -0.05) is 16.9 Å². The zero-order valence-corrected chi connectivity index (χ0v) is 7.17. The van der Waals surface area contributed by atoms with E-state index in [-0.39, 0.29) is 0 Å². The lowest BCUT2D eigenvalue weighted by molar-refractivity contribution is 0.335. The van der Waals surface area contributed by atoms with Crippen LogP contribution in [-0.2, 0) is 0 Å². The second kappa shape index (κ2) is 3.78. The Morgan fingerprint density at radius 1 is 1.70 bits per heavy atom. The maximum Gasteiger partial charge on any atom is 0.294 e. The molecule has 1 aromatic rings. The number of ether oxygens (including phenoxy) is 1. The lowest BCUT2D eigenvalue weighted by atomic mass is 10.9. The largest absolute Gasteiger partial charge is 0.469 e. The second-order valence-electron chi connectivity index (χ2n) is 1.41. The Morgan fingerprint density at radius 3 is 3.00 bits per heavy atom. The molecule has 55 valence electrons. The van der Waals surface area contributed by atoms with Crippen LogP contribution in [0.3, 0.4) is 0 Å². The zero-order chi connectivity index (χ0) is 7.40. The van der Waals surface area contributed by atoms with Gasteiger partial charge in [0.2, 0.25) is 0 Å². The summed E-state index contributed by atoms with van der Waals surface area (Å²) in [6.45, 7) is 2.55. The fourth-order valence-corrected chi connectivity index (χ4v) is 1.47. The van der Waals surface area contributed by atoms with Gasteiger partial charge in [-0.25, -0.2) is 0 Å². The van der Waals surface area contributed by atoms with E-state index in [1.165, 1.54) is 23.1 Å². The van der Waals surface area contributed by atoms with Crippen molar-refractivity contribution in [2.24, 2.45) is 0 Å². The summed E-state index contributed by atoms with van der Waals surface area (Å²) in [6.07, 6.45) is 3.60. The molecule has 1 radical (unpaired) electrons. The molecule has 0 saturated heterocycles. The van der Waals surface area contributed by atoms with Crippen molar-refractivity contribution in [2.75, 3.05) is 6.61 Å². The van der Waals surface area contributed by atoms with Gasteiger partial charge in [0.05, 0.1) is 6.61 Å². The summed E-state index contributed by atoms with van der Waals surface area (Å²) < 4.78 is 5.93. The number of nitrogens with zero attached hydrogens (tertiary/aromatic N) is 2. The number of rotatable bonds is 3. The predicted octanol–water partition coefficient (Wildman–Crippen LogP) is 1.82. The van der Waals surface area contributed by atoms with Crippen molar-refractivity contribution in [3.63, 3.8) is 0 Å². The van der Waals surface area contributed by atoms with Crippen LogP contribution in [0.15, 0.2) is 4.34 Å². The van der Waals surface area contributed by atoms with E-state index >= 15 is 0 Å². The molecular weight excluding hydrogens is 168 g/mol. The van der Waals surface area contributed by atoms with Gasteiger partial charge in [0.1, 0.15) is 0 Å². The topological polar surface area (TPSA) is 35.0 Å². The number of hydrogen-bond donors (Lipinski definition) is 0. The molecule has 0 aromatic carbocycles.